The average Bonchev–Trinajstić information content (AvgIpc) is 2.66. The van der Waals surface area contributed by atoms with Crippen LogP contribution in [0.4, 0.5) is 0 Å². The Morgan fingerprint density at radius 3 is 2.58 bits per heavy atom. The van der Waals surface area contributed by atoms with Crippen molar-refractivity contribution in [1.29, 1.82) is 0 Å². The van der Waals surface area contributed by atoms with Crippen molar-refractivity contribution in [2.45, 2.75) is 13.8 Å². The van der Waals surface area contributed by atoms with Crippen molar-refractivity contribution in [2.24, 2.45) is 0 Å². The van der Waals surface area contributed by atoms with Gasteiger partial charge in [0.2, 0.25) is 5.88 Å². The van der Waals surface area contributed by atoms with Crippen molar-refractivity contribution in [3.05, 3.63) is 59.3 Å². The molecule has 0 spiro atoms. The Labute approximate surface area is 163 Å². The molecule has 0 amide bonds. The van der Waals surface area contributed by atoms with Crippen molar-refractivity contribution in [3.8, 4) is 17.0 Å². The third-order valence-corrected chi connectivity index (χ3v) is 4.20. The molecule has 3 aromatic rings. The van der Waals surface area contributed by atoms with Crippen LogP contribution in [0.2, 0.25) is 0 Å². The SMILES string of the molecule is Br.CCN(CC)CCOc1nc2cnccn2c(=O)c1-c1ccccc1. The fourth-order valence-electron chi connectivity index (χ4n) is 2.75. The van der Waals surface area contributed by atoms with Gasteiger partial charge in [0.15, 0.2) is 5.65 Å². The molecule has 7 heteroatoms. The zero-order valence-electron chi connectivity index (χ0n) is 15.0. The van der Waals surface area contributed by atoms with Crippen LogP contribution in [0.15, 0.2) is 53.7 Å². The van der Waals surface area contributed by atoms with Crippen LogP contribution in [0.5, 0.6) is 5.88 Å². The number of halogens is 1. The van der Waals surface area contributed by atoms with Crippen LogP contribution < -0.4 is 10.3 Å². The van der Waals surface area contributed by atoms with Crippen molar-refractivity contribution < 1.29 is 4.74 Å². The minimum Gasteiger partial charge on any atom is -0.476 e. The molecule has 0 aliphatic heterocycles. The average molecular weight is 419 g/mol. The molecule has 0 atom stereocenters. The molecule has 1 aromatic carbocycles. The molecule has 0 N–H and O–H groups in total. The van der Waals surface area contributed by atoms with E-state index in [0.29, 0.717) is 23.7 Å². The number of hydrogen-bond donors (Lipinski definition) is 0. The molecule has 2 aromatic heterocycles. The van der Waals surface area contributed by atoms with E-state index in [4.69, 9.17) is 4.74 Å². The zero-order chi connectivity index (χ0) is 17.6. The van der Waals surface area contributed by atoms with Crippen LogP contribution in [-0.4, -0.2) is 45.5 Å². The van der Waals surface area contributed by atoms with E-state index >= 15 is 0 Å². The van der Waals surface area contributed by atoms with E-state index in [-0.39, 0.29) is 22.5 Å². The van der Waals surface area contributed by atoms with Gasteiger partial charge in [-0.1, -0.05) is 44.2 Å². The lowest BCUT2D eigenvalue weighted by Crippen LogP contribution is -2.28. The second-order valence-corrected chi connectivity index (χ2v) is 5.64. The largest absolute Gasteiger partial charge is 0.476 e. The van der Waals surface area contributed by atoms with Crippen molar-refractivity contribution in [1.82, 2.24) is 19.3 Å². The van der Waals surface area contributed by atoms with E-state index in [0.717, 1.165) is 25.2 Å². The zero-order valence-corrected chi connectivity index (χ0v) is 16.7. The predicted molar refractivity (Wildman–Crippen MR) is 108 cm³/mol. The fraction of sp³-hybridized carbons (Fsp3) is 0.316. The third kappa shape index (κ3) is 4.28. The van der Waals surface area contributed by atoms with Gasteiger partial charge in [-0.2, -0.15) is 4.98 Å². The number of hydrogen-bond acceptors (Lipinski definition) is 5. The molecule has 138 valence electrons. The van der Waals surface area contributed by atoms with E-state index in [1.54, 1.807) is 18.6 Å². The van der Waals surface area contributed by atoms with E-state index in [1.165, 1.54) is 4.40 Å². The second kappa shape index (κ2) is 9.45. The highest BCUT2D eigenvalue weighted by molar-refractivity contribution is 8.93. The molecule has 0 fully saturated rings. The monoisotopic (exact) mass is 418 g/mol. The summed E-state index contributed by atoms with van der Waals surface area (Å²) in [5, 5.41) is 0. The van der Waals surface area contributed by atoms with Crippen LogP contribution in [0.1, 0.15) is 13.8 Å². The van der Waals surface area contributed by atoms with Crippen LogP contribution >= 0.6 is 17.0 Å². The lowest BCUT2D eigenvalue weighted by atomic mass is 10.1. The highest BCUT2D eigenvalue weighted by Crippen LogP contribution is 2.25. The van der Waals surface area contributed by atoms with E-state index < -0.39 is 0 Å². The first-order valence-corrected chi connectivity index (χ1v) is 8.51. The second-order valence-electron chi connectivity index (χ2n) is 5.64. The molecule has 0 aliphatic rings. The van der Waals surface area contributed by atoms with Gasteiger partial charge in [0, 0.05) is 18.9 Å². The van der Waals surface area contributed by atoms with Gasteiger partial charge >= 0.3 is 0 Å². The van der Waals surface area contributed by atoms with Gasteiger partial charge in [0.05, 0.1) is 6.20 Å². The Balaban J connectivity index is 0.00000243. The summed E-state index contributed by atoms with van der Waals surface area (Å²) in [7, 11) is 0. The van der Waals surface area contributed by atoms with E-state index in [2.05, 4.69) is 28.7 Å². The third-order valence-electron chi connectivity index (χ3n) is 4.20. The maximum atomic E-state index is 13.0. The smallest absolute Gasteiger partial charge is 0.269 e. The molecule has 3 rings (SSSR count). The molecule has 0 saturated heterocycles. The quantitative estimate of drug-likeness (QED) is 0.589. The number of aromatic nitrogens is 3. The van der Waals surface area contributed by atoms with Gasteiger partial charge in [-0.15, -0.1) is 17.0 Å². The fourth-order valence-corrected chi connectivity index (χ4v) is 2.75. The normalized spacial score (nSPS) is 10.7. The Bertz CT molecular complexity index is 895. The van der Waals surface area contributed by atoms with Crippen molar-refractivity contribution in [3.63, 3.8) is 0 Å². The summed E-state index contributed by atoms with van der Waals surface area (Å²) in [6, 6.07) is 9.50. The predicted octanol–water partition coefficient (Wildman–Crippen LogP) is 3.06. The topological polar surface area (TPSA) is 59.7 Å². The van der Waals surface area contributed by atoms with Crippen molar-refractivity contribution >= 4 is 22.6 Å². The summed E-state index contributed by atoms with van der Waals surface area (Å²) in [5.74, 6) is 0.358. The molecule has 0 aliphatic carbocycles. The highest BCUT2D eigenvalue weighted by Gasteiger charge is 2.16. The van der Waals surface area contributed by atoms with Gasteiger partial charge in [0.1, 0.15) is 12.2 Å². The summed E-state index contributed by atoms with van der Waals surface area (Å²) >= 11 is 0. The Hall–Kier alpha value is -2.25. The van der Waals surface area contributed by atoms with Gasteiger partial charge < -0.3 is 9.64 Å². The maximum Gasteiger partial charge on any atom is 0.269 e. The molecule has 2 heterocycles. The Morgan fingerprint density at radius 1 is 1.15 bits per heavy atom. The molecule has 6 nitrogen and oxygen atoms in total. The van der Waals surface area contributed by atoms with Crippen LogP contribution in [-0.2, 0) is 0 Å². The minimum absolute atomic E-state index is 0. The first kappa shape index (κ1) is 20.1. The lowest BCUT2D eigenvalue weighted by Gasteiger charge is -2.18. The molecule has 26 heavy (non-hydrogen) atoms. The van der Waals surface area contributed by atoms with Gasteiger partial charge in [-0.3, -0.25) is 14.2 Å². The van der Waals surface area contributed by atoms with E-state index in [9.17, 15) is 4.79 Å². The minimum atomic E-state index is -0.156. The summed E-state index contributed by atoms with van der Waals surface area (Å²) in [6.07, 6.45) is 4.76. The molecular weight excluding hydrogens is 396 g/mol. The summed E-state index contributed by atoms with van der Waals surface area (Å²) in [6.45, 7) is 7.42. The Kier molecular flexibility index (Phi) is 7.29. The first-order chi connectivity index (χ1) is 12.2. The summed E-state index contributed by atoms with van der Waals surface area (Å²) in [5.41, 5.74) is 1.59. The van der Waals surface area contributed by atoms with Crippen LogP contribution in [0.25, 0.3) is 16.8 Å². The molecule has 0 radical (unpaired) electrons. The summed E-state index contributed by atoms with van der Waals surface area (Å²) in [4.78, 5) is 23.8. The van der Waals surface area contributed by atoms with E-state index in [1.807, 2.05) is 30.3 Å². The van der Waals surface area contributed by atoms with Gasteiger partial charge in [-0.05, 0) is 18.7 Å². The summed E-state index contributed by atoms with van der Waals surface area (Å²) < 4.78 is 7.41. The number of benzene rings is 1. The van der Waals surface area contributed by atoms with Crippen LogP contribution in [0, 0.1) is 0 Å². The number of fused-ring (bicyclic) bond motifs is 1. The standard InChI is InChI=1S/C19H22N4O2.BrH/c1-3-22(4-2)12-13-25-18-17(15-8-6-5-7-9-15)19(24)23-11-10-20-14-16(23)21-18;/h5-11,14H,3-4,12-13H2,1-2H3;1H. The molecular formula is C19H23BrN4O2. The first-order valence-electron chi connectivity index (χ1n) is 8.51. The number of rotatable bonds is 7. The van der Waals surface area contributed by atoms with Crippen LogP contribution in [0.3, 0.4) is 0 Å². The van der Waals surface area contributed by atoms with Gasteiger partial charge in [0.25, 0.3) is 5.56 Å². The Morgan fingerprint density at radius 2 is 1.88 bits per heavy atom. The number of nitrogens with zero attached hydrogens (tertiary/aromatic N) is 4. The molecule has 0 bridgehead atoms. The number of ether oxygens (including phenoxy) is 1. The number of likely N-dealkylation sites (N-methyl/N-ethyl adjacent to an activating group) is 1. The van der Waals surface area contributed by atoms with Crippen molar-refractivity contribution in [2.75, 3.05) is 26.2 Å². The molecule has 0 saturated carbocycles. The molecule has 0 unspecified atom stereocenters. The van der Waals surface area contributed by atoms with Gasteiger partial charge in [-0.25, -0.2) is 0 Å². The highest BCUT2D eigenvalue weighted by atomic mass is 79.9. The maximum absolute atomic E-state index is 13.0. The lowest BCUT2D eigenvalue weighted by molar-refractivity contribution is 0.218.